The van der Waals surface area contributed by atoms with Gasteiger partial charge in [0.1, 0.15) is 0 Å². The molecule has 0 unspecified atom stereocenters. The average molecular weight is 126 g/mol. The molecule has 0 spiro atoms. The summed E-state index contributed by atoms with van der Waals surface area (Å²) < 4.78 is 0. The molecule has 0 heterocycles. The lowest BCUT2D eigenvalue weighted by Crippen LogP contribution is -2.03. The summed E-state index contributed by atoms with van der Waals surface area (Å²) in [5.41, 5.74) is 1.12. The molecule has 0 atom stereocenters. The maximum Gasteiger partial charge on any atom is 0.0351 e. The zero-order valence-electron chi connectivity index (χ0n) is 6.39. The lowest BCUT2D eigenvalue weighted by Gasteiger charge is -2.05. The molecular weight excluding hydrogens is 112 g/mol. The van der Waals surface area contributed by atoms with Gasteiger partial charge in [-0.25, -0.2) is 0 Å². The summed E-state index contributed by atoms with van der Waals surface area (Å²) in [5, 5.41) is 5.85. The Balaban J connectivity index is 3.78. The van der Waals surface area contributed by atoms with E-state index in [4.69, 9.17) is 0 Å². The van der Waals surface area contributed by atoms with Crippen molar-refractivity contribution in [2.45, 2.75) is 20.3 Å². The van der Waals surface area contributed by atoms with Crippen LogP contribution in [0.25, 0.3) is 0 Å². The molecule has 9 heavy (non-hydrogen) atoms. The first-order valence-corrected chi connectivity index (χ1v) is 3.10. The summed E-state index contributed by atoms with van der Waals surface area (Å²) in [7, 11) is 1.87. The maximum absolute atomic E-state index is 4.15. The van der Waals surface area contributed by atoms with Gasteiger partial charge in [-0.1, -0.05) is 13.5 Å². The van der Waals surface area contributed by atoms with E-state index in [9.17, 15) is 0 Å². The van der Waals surface area contributed by atoms with Crippen LogP contribution in [0.3, 0.4) is 0 Å². The van der Waals surface area contributed by atoms with Crippen LogP contribution in [-0.2, 0) is 0 Å². The smallest absolute Gasteiger partial charge is 0.0351 e. The molecule has 2 heteroatoms. The Labute approximate surface area is 56.9 Å². The number of hydrogen-bond donors (Lipinski definition) is 0. The van der Waals surface area contributed by atoms with Crippen LogP contribution < -0.4 is 0 Å². The third kappa shape index (κ3) is 3.76. The van der Waals surface area contributed by atoms with Crippen molar-refractivity contribution in [3.8, 4) is 0 Å². The van der Waals surface area contributed by atoms with Crippen molar-refractivity contribution in [2.24, 2.45) is 5.10 Å². The molecule has 0 amide bonds. The predicted molar refractivity (Wildman–Crippen MR) is 41.4 cm³/mol. The SMILES string of the molecule is C=CN(C)/N=C(/C)CC. The van der Waals surface area contributed by atoms with E-state index in [1.54, 1.807) is 11.2 Å². The van der Waals surface area contributed by atoms with Gasteiger partial charge in [0, 0.05) is 19.0 Å². The number of hydrazone groups is 1. The lowest BCUT2D eigenvalue weighted by atomic mass is 10.3. The molecule has 0 radical (unpaired) electrons. The minimum Gasteiger partial charge on any atom is -0.277 e. The standard InChI is InChI=1S/C7H14N2/c1-5-7(3)8-9(4)6-2/h6H,2,5H2,1,3-4H3/b8-7-. The van der Waals surface area contributed by atoms with Gasteiger partial charge in [-0.3, -0.25) is 5.01 Å². The Hall–Kier alpha value is -0.790. The molecule has 0 rings (SSSR count). The second-order valence-electron chi connectivity index (χ2n) is 1.95. The van der Waals surface area contributed by atoms with Gasteiger partial charge in [-0.2, -0.15) is 5.10 Å². The highest BCUT2D eigenvalue weighted by Gasteiger charge is 1.85. The van der Waals surface area contributed by atoms with Gasteiger partial charge < -0.3 is 0 Å². The molecule has 2 nitrogen and oxygen atoms in total. The van der Waals surface area contributed by atoms with Gasteiger partial charge in [-0.05, 0) is 13.3 Å². The van der Waals surface area contributed by atoms with Crippen molar-refractivity contribution in [1.29, 1.82) is 0 Å². The van der Waals surface area contributed by atoms with Crippen LogP contribution in [-0.4, -0.2) is 17.8 Å². The fraction of sp³-hybridized carbons (Fsp3) is 0.571. The summed E-state index contributed by atoms with van der Waals surface area (Å²) >= 11 is 0. The molecule has 0 aliphatic rings. The van der Waals surface area contributed by atoms with Gasteiger partial charge >= 0.3 is 0 Å². The molecule has 0 saturated heterocycles. The maximum atomic E-state index is 4.15. The van der Waals surface area contributed by atoms with Crippen molar-refractivity contribution < 1.29 is 0 Å². The molecule has 0 bridgehead atoms. The van der Waals surface area contributed by atoms with E-state index in [0.29, 0.717) is 0 Å². The van der Waals surface area contributed by atoms with Gasteiger partial charge in [0.25, 0.3) is 0 Å². The summed E-state index contributed by atoms with van der Waals surface area (Å²) in [6, 6.07) is 0. The summed E-state index contributed by atoms with van der Waals surface area (Å²) in [4.78, 5) is 0. The van der Waals surface area contributed by atoms with E-state index in [-0.39, 0.29) is 0 Å². The minimum absolute atomic E-state index is 0.998. The minimum atomic E-state index is 0.998. The predicted octanol–water partition coefficient (Wildman–Crippen LogP) is 1.85. The van der Waals surface area contributed by atoms with Gasteiger partial charge in [-0.15, -0.1) is 0 Å². The molecule has 0 aromatic rings. The zero-order chi connectivity index (χ0) is 7.28. The largest absolute Gasteiger partial charge is 0.277 e. The van der Waals surface area contributed by atoms with Crippen LogP contribution >= 0.6 is 0 Å². The van der Waals surface area contributed by atoms with Crippen molar-refractivity contribution in [3.05, 3.63) is 12.8 Å². The van der Waals surface area contributed by atoms with E-state index in [1.807, 2.05) is 14.0 Å². The van der Waals surface area contributed by atoms with Crippen LogP contribution in [0.4, 0.5) is 0 Å². The van der Waals surface area contributed by atoms with Crippen molar-refractivity contribution in [3.63, 3.8) is 0 Å². The highest BCUT2D eigenvalue weighted by Crippen LogP contribution is 1.88. The van der Waals surface area contributed by atoms with E-state index in [0.717, 1.165) is 12.1 Å². The third-order valence-electron chi connectivity index (χ3n) is 1.10. The van der Waals surface area contributed by atoms with E-state index >= 15 is 0 Å². The van der Waals surface area contributed by atoms with Crippen LogP contribution in [0.15, 0.2) is 17.9 Å². The van der Waals surface area contributed by atoms with Crippen molar-refractivity contribution >= 4 is 5.71 Å². The van der Waals surface area contributed by atoms with Crippen molar-refractivity contribution in [1.82, 2.24) is 5.01 Å². The van der Waals surface area contributed by atoms with Crippen LogP contribution in [0.2, 0.25) is 0 Å². The summed E-state index contributed by atoms with van der Waals surface area (Å²) in [5.74, 6) is 0. The van der Waals surface area contributed by atoms with Crippen molar-refractivity contribution in [2.75, 3.05) is 7.05 Å². The molecule has 0 saturated carbocycles. The Morgan fingerprint density at radius 2 is 2.33 bits per heavy atom. The first-order valence-electron chi connectivity index (χ1n) is 3.10. The molecule has 52 valence electrons. The molecule has 0 aliphatic heterocycles. The molecule has 0 aliphatic carbocycles. The Morgan fingerprint density at radius 1 is 1.78 bits per heavy atom. The van der Waals surface area contributed by atoms with Crippen LogP contribution in [0.5, 0.6) is 0 Å². The second kappa shape index (κ2) is 4.13. The first-order chi connectivity index (χ1) is 4.20. The molecular formula is C7H14N2. The Kier molecular flexibility index (Phi) is 3.76. The normalized spacial score (nSPS) is 11.2. The topological polar surface area (TPSA) is 15.6 Å². The van der Waals surface area contributed by atoms with E-state index in [1.165, 1.54) is 0 Å². The Morgan fingerprint density at radius 3 is 2.67 bits per heavy atom. The quantitative estimate of drug-likeness (QED) is 0.416. The second-order valence-corrected chi connectivity index (χ2v) is 1.95. The number of rotatable bonds is 3. The molecule has 0 aromatic heterocycles. The Bertz CT molecular complexity index is 116. The summed E-state index contributed by atoms with van der Waals surface area (Å²) in [6.45, 7) is 7.65. The van der Waals surface area contributed by atoms with Gasteiger partial charge in [0.05, 0.1) is 0 Å². The zero-order valence-corrected chi connectivity index (χ0v) is 6.39. The summed E-state index contributed by atoms with van der Waals surface area (Å²) in [6.07, 6.45) is 2.68. The van der Waals surface area contributed by atoms with Crippen LogP contribution in [0, 0.1) is 0 Å². The first kappa shape index (κ1) is 8.21. The molecule has 0 aromatic carbocycles. The number of hydrogen-bond acceptors (Lipinski definition) is 2. The lowest BCUT2D eigenvalue weighted by molar-refractivity contribution is 0.490. The van der Waals surface area contributed by atoms with E-state index < -0.39 is 0 Å². The fourth-order valence-electron chi connectivity index (χ4n) is 0.381. The fourth-order valence-corrected chi connectivity index (χ4v) is 0.381. The monoisotopic (exact) mass is 126 g/mol. The third-order valence-corrected chi connectivity index (χ3v) is 1.10. The van der Waals surface area contributed by atoms with Gasteiger partial charge in [0.2, 0.25) is 0 Å². The molecule has 0 N–H and O–H groups in total. The highest BCUT2D eigenvalue weighted by molar-refractivity contribution is 5.81. The molecule has 0 fully saturated rings. The van der Waals surface area contributed by atoms with Gasteiger partial charge in [0.15, 0.2) is 0 Å². The highest BCUT2D eigenvalue weighted by atomic mass is 15.4. The van der Waals surface area contributed by atoms with E-state index in [2.05, 4.69) is 18.6 Å². The average Bonchev–Trinajstić information content (AvgIpc) is 1.87. The number of nitrogens with zero attached hydrogens (tertiary/aromatic N) is 2. The van der Waals surface area contributed by atoms with Crippen LogP contribution in [0.1, 0.15) is 20.3 Å².